The highest BCUT2D eigenvalue weighted by atomic mass is 35.5. The number of aromatic nitrogens is 1. The summed E-state index contributed by atoms with van der Waals surface area (Å²) in [6.45, 7) is 5.98. The molecule has 1 aromatic carbocycles. The summed E-state index contributed by atoms with van der Waals surface area (Å²) >= 11 is 5.92. The number of halogens is 1. The molecule has 1 N–H and O–H groups in total. The highest BCUT2D eigenvalue weighted by Crippen LogP contribution is 2.23. The summed E-state index contributed by atoms with van der Waals surface area (Å²) in [5.41, 5.74) is 4.45. The monoisotopic (exact) mass is 274 g/mol. The maximum atomic E-state index is 12.2. The maximum Gasteiger partial charge on any atom is 0.258 e. The largest absolute Gasteiger partial charge is 0.321 e. The summed E-state index contributed by atoms with van der Waals surface area (Å²) in [5, 5.41) is 3.11. The van der Waals surface area contributed by atoms with Crippen molar-refractivity contribution in [2.24, 2.45) is 0 Å². The number of carbonyl (C=O) groups is 1. The molecule has 0 fully saturated rings. The summed E-state index contributed by atoms with van der Waals surface area (Å²) in [7, 11) is 0. The average molecular weight is 275 g/mol. The van der Waals surface area contributed by atoms with E-state index in [1.54, 1.807) is 18.3 Å². The van der Waals surface area contributed by atoms with Gasteiger partial charge in [-0.15, -0.1) is 0 Å². The summed E-state index contributed by atoms with van der Waals surface area (Å²) in [6, 6.07) is 7.42. The Bertz CT molecular complexity index is 615. The second-order valence-electron chi connectivity index (χ2n) is 4.57. The Morgan fingerprint density at radius 2 is 1.84 bits per heavy atom. The van der Waals surface area contributed by atoms with Crippen LogP contribution in [-0.2, 0) is 0 Å². The molecule has 0 saturated carbocycles. The minimum Gasteiger partial charge on any atom is -0.321 e. The second kappa shape index (κ2) is 5.41. The molecule has 98 valence electrons. The maximum absolute atomic E-state index is 12.2. The SMILES string of the molecule is Cc1cc(C)c(NC(=O)c2cccnc2Cl)c(C)c1. The fraction of sp³-hybridized carbons (Fsp3) is 0.200. The van der Waals surface area contributed by atoms with E-state index >= 15 is 0 Å². The standard InChI is InChI=1S/C15H15ClN2O/c1-9-7-10(2)13(11(3)8-9)18-15(19)12-5-4-6-17-14(12)16/h4-8H,1-3H3,(H,18,19). The molecule has 0 atom stereocenters. The minimum absolute atomic E-state index is 0.211. The lowest BCUT2D eigenvalue weighted by Crippen LogP contribution is -2.14. The first kappa shape index (κ1) is 13.6. The first-order chi connectivity index (χ1) is 8.99. The van der Waals surface area contributed by atoms with E-state index in [4.69, 9.17) is 11.6 Å². The minimum atomic E-state index is -0.242. The Morgan fingerprint density at radius 3 is 2.42 bits per heavy atom. The van der Waals surface area contributed by atoms with Crippen molar-refractivity contribution in [2.75, 3.05) is 5.32 Å². The van der Waals surface area contributed by atoms with Crippen molar-refractivity contribution in [1.29, 1.82) is 0 Å². The molecular weight excluding hydrogens is 260 g/mol. The van der Waals surface area contributed by atoms with Gasteiger partial charge in [0.2, 0.25) is 0 Å². The number of anilines is 1. The first-order valence-electron chi connectivity index (χ1n) is 5.98. The van der Waals surface area contributed by atoms with Gasteiger partial charge in [-0.2, -0.15) is 0 Å². The number of nitrogens with zero attached hydrogens (tertiary/aromatic N) is 1. The smallest absolute Gasteiger partial charge is 0.258 e. The van der Waals surface area contributed by atoms with Gasteiger partial charge in [0, 0.05) is 11.9 Å². The van der Waals surface area contributed by atoms with Gasteiger partial charge < -0.3 is 5.32 Å². The molecule has 2 aromatic rings. The van der Waals surface area contributed by atoms with Crippen LogP contribution in [0.15, 0.2) is 30.5 Å². The summed E-state index contributed by atoms with van der Waals surface area (Å²) in [4.78, 5) is 16.1. The van der Waals surface area contributed by atoms with E-state index in [1.165, 1.54) is 5.56 Å². The molecule has 1 amide bonds. The fourth-order valence-corrected chi connectivity index (χ4v) is 2.32. The molecular formula is C15H15ClN2O. The Labute approximate surface area is 117 Å². The van der Waals surface area contributed by atoms with E-state index in [0.717, 1.165) is 16.8 Å². The Kier molecular flexibility index (Phi) is 3.86. The topological polar surface area (TPSA) is 42.0 Å². The lowest BCUT2D eigenvalue weighted by Gasteiger charge is -2.13. The van der Waals surface area contributed by atoms with E-state index in [9.17, 15) is 4.79 Å². The lowest BCUT2D eigenvalue weighted by molar-refractivity contribution is 0.102. The number of hydrogen-bond donors (Lipinski definition) is 1. The number of hydrogen-bond acceptors (Lipinski definition) is 2. The number of nitrogens with one attached hydrogen (secondary N) is 1. The molecule has 0 unspecified atom stereocenters. The number of benzene rings is 1. The van der Waals surface area contributed by atoms with Crippen LogP contribution >= 0.6 is 11.6 Å². The first-order valence-corrected chi connectivity index (χ1v) is 6.36. The highest BCUT2D eigenvalue weighted by Gasteiger charge is 2.13. The van der Waals surface area contributed by atoms with E-state index in [2.05, 4.69) is 10.3 Å². The van der Waals surface area contributed by atoms with Gasteiger partial charge in [-0.3, -0.25) is 4.79 Å². The Balaban J connectivity index is 2.32. The predicted molar refractivity (Wildman–Crippen MR) is 77.9 cm³/mol. The quantitative estimate of drug-likeness (QED) is 0.844. The number of rotatable bonds is 2. The Hall–Kier alpha value is -1.87. The molecule has 0 aliphatic heterocycles. The van der Waals surface area contributed by atoms with Crippen molar-refractivity contribution >= 4 is 23.2 Å². The van der Waals surface area contributed by atoms with Gasteiger partial charge in [0.25, 0.3) is 5.91 Å². The molecule has 2 rings (SSSR count). The van der Waals surface area contributed by atoms with E-state index in [1.807, 2.05) is 32.9 Å². The van der Waals surface area contributed by atoms with E-state index in [-0.39, 0.29) is 11.1 Å². The molecule has 19 heavy (non-hydrogen) atoms. The van der Waals surface area contributed by atoms with Crippen molar-refractivity contribution in [1.82, 2.24) is 4.98 Å². The number of pyridine rings is 1. The van der Waals surface area contributed by atoms with Crippen LogP contribution in [0, 0.1) is 20.8 Å². The third-order valence-corrected chi connectivity index (χ3v) is 3.22. The van der Waals surface area contributed by atoms with Crippen LogP contribution in [0.25, 0.3) is 0 Å². The van der Waals surface area contributed by atoms with Crippen LogP contribution in [0.4, 0.5) is 5.69 Å². The number of amides is 1. The molecule has 0 bridgehead atoms. The van der Waals surface area contributed by atoms with Gasteiger partial charge in [-0.1, -0.05) is 29.3 Å². The summed E-state index contributed by atoms with van der Waals surface area (Å²) in [6.07, 6.45) is 1.56. The van der Waals surface area contributed by atoms with Crippen molar-refractivity contribution in [3.8, 4) is 0 Å². The molecule has 3 nitrogen and oxygen atoms in total. The van der Waals surface area contributed by atoms with Gasteiger partial charge >= 0.3 is 0 Å². The lowest BCUT2D eigenvalue weighted by atomic mass is 10.0. The van der Waals surface area contributed by atoms with E-state index in [0.29, 0.717) is 5.56 Å². The molecule has 0 aliphatic carbocycles. The summed E-state index contributed by atoms with van der Waals surface area (Å²) < 4.78 is 0. The van der Waals surface area contributed by atoms with Gasteiger partial charge in [0.1, 0.15) is 5.15 Å². The average Bonchev–Trinajstić information content (AvgIpc) is 2.34. The van der Waals surface area contributed by atoms with Crippen molar-refractivity contribution in [2.45, 2.75) is 20.8 Å². The van der Waals surface area contributed by atoms with Gasteiger partial charge in [-0.25, -0.2) is 4.98 Å². The fourth-order valence-electron chi connectivity index (χ4n) is 2.11. The molecule has 0 spiro atoms. The third-order valence-electron chi connectivity index (χ3n) is 2.92. The van der Waals surface area contributed by atoms with E-state index < -0.39 is 0 Å². The van der Waals surface area contributed by atoms with Crippen LogP contribution in [0.3, 0.4) is 0 Å². The van der Waals surface area contributed by atoms with Crippen molar-refractivity contribution in [3.05, 3.63) is 57.9 Å². The van der Waals surface area contributed by atoms with Crippen LogP contribution in [0.2, 0.25) is 5.15 Å². The molecule has 0 saturated heterocycles. The number of carbonyl (C=O) groups excluding carboxylic acids is 1. The van der Waals surface area contributed by atoms with Crippen LogP contribution in [-0.4, -0.2) is 10.9 Å². The summed E-state index contributed by atoms with van der Waals surface area (Å²) in [5.74, 6) is -0.242. The van der Waals surface area contributed by atoms with Gasteiger partial charge in [0.15, 0.2) is 0 Å². The van der Waals surface area contributed by atoms with Crippen molar-refractivity contribution in [3.63, 3.8) is 0 Å². The zero-order chi connectivity index (χ0) is 14.0. The Morgan fingerprint density at radius 1 is 1.21 bits per heavy atom. The predicted octanol–water partition coefficient (Wildman–Crippen LogP) is 3.91. The van der Waals surface area contributed by atoms with Gasteiger partial charge in [0.05, 0.1) is 5.56 Å². The molecule has 0 radical (unpaired) electrons. The van der Waals surface area contributed by atoms with Crippen LogP contribution in [0.1, 0.15) is 27.0 Å². The molecule has 1 aromatic heterocycles. The second-order valence-corrected chi connectivity index (χ2v) is 4.93. The zero-order valence-corrected chi connectivity index (χ0v) is 11.9. The normalized spacial score (nSPS) is 10.3. The zero-order valence-electron chi connectivity index (χ0n) is 11.1. The molecule has 1 heterocycles. The van der Waals surface area contributed by atoms with Crippen LogP contribution in [0.5, 0.6) is 0 Å². The van der Waals surface area contributed by atoms with Crippen LogP contribution < -0.4 is 5.32 Å². The van der Waals surface area contributed by atoms with Crippen molar-refractivity contribution < 1.29 is 4.79 Å². The van der Waals surface area contributed by atoms with Gasteiger partial charge in [-0.05, 0) is 44.0 Å². The highest BCUT2D eigenvalue weighted by molar-refractivity contribution is 6.33. The molecule has 4 heteroatoms. The molecule has 0 aliphatic rings. The number of aryl methyl sites for hydroxylation is 3. The third kappa shape index (κ3) is 2.93.